The Hall–Kier alpha value is -5.68. The van der Waals surface area contributed by atoms with Crippen LogP contribution >= 0.6 is 0 Å². The van der Waals surface area contributed by atoms with Crippen molar-refractivity contribution in [2.24, 2.45) is 5.90 Å². The van der Waals surface area contributed by atoms with Crippen molar-refractivity contribution >= 4 is 34.8 Å². The minimum Gasteiger partial charge on any atom is -0.507 e. The fraction of sp³-hybridized carbons (Fsp3) is 0.300. The van der Waals surface area contributed by atoms with E-state index in [9.17, 15) is 24.3 Å². The predicted molar refractivity (Wildman–Crippen MR) is 198 cm³/mol. The number of amides is 2. The fourth-order valence-electron chi connectivity index (χ4n) is 6.56. The van der Waals surface area contributed by atoms with Crippen molar-refractivity contribution in [3.63, 3.8) is 0 Å². The molecule has 0 atom stereocenters. The molecule has 2 amide bonds. The van der Waals surface area contributed by atoms with Crippen molar-refractivity contribution in [1.82, 2.24) is 9.80 Å². The Kier molecular flexibility index (Phi) is 11.7. The molecule has 0 bridgehead atoms. The minimum atomic E-state index is -0.455. The molecule has 0 aliphatic carbocycles. The Morgan fingerprint density at radius 2 is 0.980 bits per heavy atom. The van der Waals surface area contributed by atoms with E-state index in [2.05, 4.69) is 9.80 Å². The smallest absolute Gasteiger partial charge is 0.254 e. The molecule has 4 aromatic carbocycles. The standard InChI is InChI=1S/C40H45N5O6/c1-5-42(6-2)27-17-19-33(35(46)25-27)37(47)29-13-9-11-15-31(29)39(49)44-21-23-45(24-22-44)40(50)32-16-12-10-14-30(32)38(48)34-20-18-28(26-36(34)51-41)43(7-3)8-4/h9-20,25-26,46H,5-8,21-24,41H2,1-4H3. The molecule has 1 heterocycles. The zero-order valence-electron chi connectivity index (χ0n) is 29.6. The van der Waals surface area contributed by atoms with Crippen molar-refractivity contribution in [3.8, 4) is 11.5 Å². The number of hydrogen-bond acceptors (Lipinski definition) is 9. The monoisotopic (exact) mass is 691 g/mol. The van der Waals surface area contributed by atoms with Crippen LogP contribution in [0.15, 0.2) is 84.9 Å². The SMILES string of the molecule is CCN(CC)c1ccc(C(=O)c2ccccc2C(=O)N2CCN(C(=O)c3ccccc3C(=O)c3ccc(N(CC)CC)cc3ON)CC2)c(O)c1. The van der Waals surface area contributed by atoms with Gasteiger partial charge in [0, 0.05) is 87.0 Å². The van der Waals surface area contributed by atoms with E-state index in [4.69, 9.17) is 10.7 Å². The second-order valence-electron chi connectivity index (χ2n) is 12.2. The molecule has 1 aliphatic heterocycles. The Balaban J connectivity index is 1.31. The van der Waals surface area contributed by atoms with Crippen LogP contribution in [0.4, 0.5) is 11.4 Å². The van der Waals surface area contributed by atoms with Crippen molar-refractivity contribution in [1.29, 1.82) is 0 Å². The maximum absolute atomic E-state index is 13.9. The van der Waals surface area contributed by atoms with Crippen LogP contribution in [0, 0.1) is 0 Å². The zero-order chi connectivity index (χ0) is 36.7. The van der Waals surface area contributed by atoms with Gasteiger partial charge in [-0.15, -0.1) is 0 Å². The van der Waals surface area contributed by atoms with Crippen LogP contribution in [0.5, 0.6) is 11.5 Å². The first-order valence-electron chi connectivity index (χ1n) is 17.4. The number of nitrogens with zero attached hydrogens (tertiary/aromatic N) is 4. The Morgan fingerprint density at radius 1 is 0.588 bits per heavy atom. The average molecular weight is 692 g/mol. The number of piperazine rings is 1. The third kappa shape index (κ3) is 7.58. The molecule has 1 aliphatic rings. The molecule has 0 saturated carbocycles. The maximum Gasteiger partial charge on any atom is 0.254 e. The predicted octanol–water partition coefficient (Wildman–Crippen LogP) is 5.40. The molecule has 0 aromatic heterocycles. The molecule has 0 spiro atoms. The molecule has 0 unspecified atom stereocenters. The summed E-state index contributed by atoms with van der Waals surface area (Å²) in [6.45, 7) is 12.0. The van der Waals surface area contributed by atoms with Gasteiger partial charge in [0.15, 0.2) is 17.3 Å². The minimum absolute atomic E-state index is 0.111. The summed E-state index contributed by atoms with van der Waals surface area (Å²) in [5, 5.41) is 10.8. The first-order chi connectivity index (χ1) is 24.7. The van der Waals surface area contributed by atoms with Crippen LogP contribution in [0.25, 0.3) is 0 Å². The Bertz CT molecular complexity index is 1910. The number of phenolic OH excluding ortho intramolecular Hbond substituents is 1. The number of anilines is 2. The highest BCUT2D eigenvalue weighted by molar-refractivity contribution is 6.17. The van der Waals surface area contributed by atoms with Crippen LogP contribution in [0.2, 0.25) is 0 Å². The lowest BCUT2D eigenvalue weighted by Gasteiger charge is -2.35. The molecule has 3 N–H and O–H groups in total. The number of benzene rings is 4. The number of nitrogens with two attached hydrogens (primary N) is 1. The molecule has 11 nitrogen and oxygen atoms in total. The molecule has 5 rings (SSSR count). The second kappa shape index (κ2) is 16.4. The lowest BCUT2D eigenvalue weighted by molar-refractivity contribution is 0.0533. The number of carbonyl (C=O) groups excluding carboxylic acids is 4. The summed E-state index contributed by atoms with van der Waals surface area (Å²) in [6.07, 6.45) is 0. The third-order valence-electron chi connectivity index (χ3n) is 9.48. The number of phenols is 1. The molecule has 51 heavy (non-hydrogen) atoms. The number of rotatable bonds is 13. The van der Waals surface area contributed by atoms with Crippen molar-refractivity contribution in [2.45, 2.75) is 27.7 Å². The van der Waals surface area contributed by atoms with Gasteiger partial charge in [0.2, 0.25) is 0 Å². The van der Waals surface area contributed by atoms with Gasteiger partial charge in [-0.05, 0) is 64.1 Å². The van der Waals surface area contributed by atoms with Crippen LogP contribution < -0.4 is 20.5 Å². The van der Waals surface area contributed by atoms with E-state index in [0.717, 1.165) is 37.6 Å². The maximum atomic E-state index is 13.9. The van der Waals surface area contributed by atoms with E-state index in [0.29, 0.717) is 0 Å². The van der Waals surface area contributed by atoms with E-state index in [1.807, 2.05) is 33.8 Å². The van der Waals surface area contributed by atoms with E-state index in [-0.39, 0.29) is 82.9 Å². The summed E-state index contributed by atoms with van der Waals surface area (Å²) in [5.74, 6) is 4.12. The van der Waals surface area contributed by atoms with Gasteiger partial charge in [-0.25, -0.2) is 0 Å². The highest BCUT2D eigenvalue weighted by Crippen LogP contribution is 2.30. The van der Waals surface area contributed by atoms with Gasteiger partial charge in [0.05, 0.1) is 22.3 Å². The van der Waals surface area contributed by atoms with E-state index in [1.165, 1.54) is 0 Å². The molecule has 0 radical (unpaired) electrons. The highest BCUT2D eigenvalue weighted by atomic mass is 16.6. The molecular weight excluding hydrogens is 646 g/mol. The normalized spacial score (nSPS) is 12.7. The van der Waals surface area contributed by atoms with E-state index >= 15 is 0 Å². The zero-order valence-corrected chi connectivity index (χ0v) is 29.6. The fourth-order valence-corrected chi connectivity index (χ4v) is 6.56. The van der Waals surface area contributed by atoms with Crippen LogP contribution in [-0.4, -0.2) is 90.6 Å². The second-order valence-corrected chi connectivity index (χ2v) is 12.2. The molecule has 4 aromatic rings. The topological polar surface area (TPSA) is 137 Å². The molecule has 11 heteroatoms. The van der Waals surface area contributed by atoms with Gasteiger partial charge in [-0.3, -0.25) is 19.2 Å². The number of ketones is 2. The van der Waals surface area contributed by atoms with Crippen molar-refractivity contribution < 1.29 is 29.1 Å². The molecule has 266 valence electrons. The summed E-state index contributed by atoms with van der Waals surface area (Å²) in [4.78, 5) is 67.6. The lowest BCUT2D eigenvalue weighted by Crippen LogP contribution is -2.51. The van der Waals surface area contributed by atoms with Gasteiger partial charge in [0.1, 0.15) is 5.75 Å². The van der Waals surface area contributed by atoms with Crippen LogP contribution in [0.3, 0.4) is 0 Å². The van der Waals surface area contributed by atoms with Gasteiger partial charge in [-0.2, -0.15) is 5.90 Å². The Morgan fingerprint density at radius 3 is 1.39 bits per heavy atom. The summed E-state index contributed by atoms with van der Waals surface area (Å²) < 4.78 is 0. The molecule has 1 fully saturated rings. The number of carbonyl (C=O) groups is 4. The first-order valence-corrected chi connectivity index (χ1v) is 17.4. The Labute approximate surface area is 298 Å². The summed E-state index contributed by atoms with van der Waals surface area (Å²) >= 11 is 0. The van der Waals surface area contributed by atoms with Crippen LogP contribution in [0.1, 0.15) is 80.3 Å². The first kappa shape index (κ1) is 36.6. The van der Waals surface area contributed by atoms with Crippen molar-refractivity contribution in [3.05, 3.63) is 118 Å². The third-order valence-corrected chi connectivity index (χ3v) is 9.48. The molecule has 1 saturated heterocycles. The van der Waals surface area contributed by atoms with E-state index < -0.39 is 11.6 Å². The summed E-state index contributed by atoms with van der Waals surface area (Å²) in [5.41, 5.74) is 2.88. The lowest BCUT2D eigenvalue weighted by atomic mass is 9.96. The van der Waals surface area contributed by atoms with Crippen LogP contribution in [-0.2, 0) is 0 Å². The highest BCUT2D eigenvalue weighted by Gasteiger charge is 2.30. The summed E-state index contributed by atoms with van der Waals surface area (Å²) in [6, 6.07) is 23.4. The largest absolute Gasteiger partial charge is 0.507 e. The van der Waals surface area contributed by atoms with Gasteiger partial charge < -0.3 is 29.5 Å². The van der Waals surface area contributed by atoms with E-state index in [1.54, 1.807) is 88.7 Å². The van der Waals surface area contributed by atoms with Gasteiger partial charge in [0.25, 0.3) is 11.8 Å². The quantitative estimate of drug-likeness (QED) is 0.140. The van der Waals surface area contributed by atoms with Gasteiger partial charge in [-0.1, -0.05) is 36.4 Å². The number of aromatic hydroxyl groups is 1. The number of hydrogen-bond donors (Lipinski definition) is 2. The van der Waals surface area contributed by atoms with Gasteiger partial charge >= 0.3 is 0 Å². The van der Waals surface area contributed by atoms with Crippen molar-refractivity contribution in [2.75, 3.05) is 62.2 Å². The summed E-state index contributed by atoms with van der Waals surface area (Å²) in [7, 11) is 0. The molecular formula is C40H45N5O6. The average Bonchev–Trinajstić information content (AvgIpc) is 3.17.